The van der Waals surface area contributed by atoms with Gasteiger partial charge in [0.05, 0.1) is 6.20 Å². The predicted octanol–water partition coefficient (Wildman–Crippen LogP) is 0.607. The molecule has 0 saturated carbocycles. The highest BCUT2D eigenvalue weighted by Gasteiger charge is 2.27. The molecule has 0 aliphatic carbocycles. The number of aromatic nitrogens is 2. The Labute approximate surface area is 139 Å². The number of nitrogens with zero attached hydrogens (tertiary/aromatic N) is 2. The number of ketones is 1. The number of nitrogens with two attached hydrogens (primary N) is 1. The van der Waals surface area contributed by atoms with Gasteiger partial charge < -0.3 is 15.6 Å². The lowest BCUT2D eigenvalue weighted by atomic mass is 10.0. The van der Waals surface area contributed by atoms with Crippen LogP contribution < -0.4 is 11.1 Å². The summed E-state index contributed by atoms with van der Waals surface area (Å²) in [6, 6.07) is 8.09. The molecule has 1 aromatic carbocycles. The summed E-state index contributed by atoms with van der Waals surface area (Å²) in [5.41, 5.74) is 6.26. The molecule has 1 aromatic heterocycles. The third kappa shape index (κ3) is 3.87. The summed E-state index contributed by atoms with van der Waals surface area (Å²) >= 11 is 0. The summed E-state index contributed by atoms with van der Waals surface area (Å²) in [6.07, 6.45) is 1.64. The molecule has 0 bridgehead atoms. The number of rotatable bonds is 7. The molecule has 0 radical (unpaired) electrons. The third-order valence-corrected chi connectivity index (χ3v) is 3.75. The summed E-state index contributed by atoms with van der Waals surface area (Å²) in [6.45, 7) is 4.25. The zero-order valence-electron chi connectivity index (χ0n) is 13.7. The number of amides is 2. The number of Topliss-reactive ketones (excluding diaryl/α,β-unsaturated/α-hetero) is 1. The molecule has 2 rings (SSSR count). The van der Waals surface area contributed by atoms with Gasteiger partial charge in [-0.05, 0) is 19.4 Å². The molecule has 0 fully saturated rings. The smallest absolute Gasteiger partial charge is 0.287 e. The number of benzene rings is 1. The Morgan fingerprint density at radius 1 is 1.25 bits per heavy atom. The van der Waals surface area contributed by atoms with E-state index < -0.39 is 23.6 Å². The lowest BCUT2D eigenvalue weighted by molar-refractivity contribution is -0.137. The number of hydrogen-bond donors (Lipinski definition) is 2. The fourth-order valence-corrected chi connectivity index (χ4v) is 2.51. The number of aryl methyl sites for hydroxylation is 1. The van der Waals surface area contributed by atoms with Crippen molar-refractivity contribution >= 4 is 17.6 Å². The average Bonchev–Trinajstić information content (AvgIpc) is 2.95. The molecule has 126 valence electrons. The maximum atomic E-state index is 12.5. The second-order valence-electron chi connectivity index (χ2n) is 5.38. The van der Waals surface area contributed by atoms with Crippen LogP contribution in [0.5, 0.6) is 0 Å². The Morgan fingerprint density at radius 3 is 2.50 bits per heavy atom. The molecule has 3 N–H and O–H groups in total. The number of carbonyl (C=O) groups is 3. The molecule has 7 heteroatoms. The summed E-state index contributed by atoms with van der Waals surface area (Å²) in [7, 11) is 0. The van der Waals surface area contributed by atoms with E-state index in [9.17, 15) is 14.4 Å². The van der Waals surface area contributed by atoms with Crippen molar-refractivity contribution in [2.75, 3.05) is 0 Å². The highest BCUT2D eigenvalue weighted by molar-refractivity contribution is 6.38. The van der Waals surface area contributed by atoms with Gasteiger partial charge in [0, 0.05) is 13.0 Å². The van der Waals surface area contributed by atoms with Gasteiger partial charge in [-0.15, -0.1) is 0 Å². The molecule has 24 heavy (non-hydrogen) atoms. The van der Waals surface area contributed by atoms with Crippen molar-refractivity contribution in [1.82, 2.24) is 14.9 Å². The second-order valence-corrected chi connectivity index (χ2v) is 5.38. The molecule has 7 nitrogen and oxygen atoms in total. The van der Waals surface area contributed by atoms with E-state index in [1.165, 1.54) is 6.20 Å². The molecule has 0 saturated heterocycles. The minimum absolute atomic E-state index is 0.188. The Bertz CT molecular complexity index is 752. The summed E-state index contributed by atoms with van der Waals surface area (Å²) in [5, 5.41) is 2.60. The van der Waals surface area contributed by atoms with Crippen LogP contribution in [0.3, 0.4) is 0 Å². The normalized spacial score (nSPS) is 11.8. The van der Waals surface area contributed by atoms with E-state index in [1.54, 1.807) is 11.5 Å². The van der Waals surface area contributed by atoms with Gasteiger partial charge in [-0.3, -0.25) is 14.4 Å². The number of nitrogens with one attached hydrogen (secondary N) is 1. The van der Waals surface area contributed by atoms with E-state index in [2.05, 4.69) is 10.3 Å². The molecule has 1 unspecified atom stereocenters. The molecule has 0 aliphatic rings. The first kappa shape index (κ1) is 17.4. The molecule has 0 aliphatic heterocycles. The first-order chi connectivity index (χ1) is 11.4. The number of carbonyl (C=O) groups excluding carboxylic acids is 3. The molecule has 1 atom stereocenters. The van der Waals surface area contributed by atoms with Crippen molar-refractivity contribution in [2.24, 2.45) is 5.73 Å². The van der Waals surface area contributed by atoms with Crippen LogP contribution in [0.25, 0.3) is 0 Å². The number of primary amides is 1. The largest absolute Gasteiger partial charge is 0.363 e. The van der Waals surface area contributed by atoms with Crippen LogP contribution in [0, 0.1) is 6.92 Å². The Kier molecular flexibility index (Phi) is 5.47. The van der Waals surface area contributed by atoms with Gasteiger partial charge in [0.2, 0.25) is 5.78 Å². The molecular weight excluding hydrogens is 308 g/mol. The molecular formula is C17H20N4O3. The number of hydrogen-bond acceptors (Lipinski definition) is 4. The van der Waals surface area contributed by atoms with Crippen LogP contribution in [0.2, 0.25) is 0 Å². The van der Waals surface area contributed by atoms with Gasteiger partial charge in [-0.1, -0.05) is 30.3 Å². The van der Waals surface area contributed by atoms with E-state index in [1.807, 2.05) is 37.3 Å². The number of imidazole rings is 1. The second kappa shape index (κ2) is 7.54. The highest BCUT2D eigenvalue weighted by Crippen LogP contribution is 2.08. The van der Waals surface area contributed by atoms with Gasteiger partial charge in [0.1, 0.15) is 17.6 Å². The lowest BCUT2D eigenvalue weighted by Gasteiger charge is -2.17. The zero-order chi connectivity index (χ0) is 17.7. The topological polar surface area (TPSA) is 107 Å². The monoisotopic (exact) mass is 328 g/mol. The minimum Gasteiger partial charge on any atom is -0.363 e. The summed E-state index contributed by atoms with van der Waals surface area (Å²) in [4.78, 5) is 39.9. The lowest BCUT2D eigenvalue weighted by Crippen LogP contribution is -2.47. The minimum atomic E-state index is -1.07. The van der Waals surface area contributed by atoms with Crippen LogP contribution in [-0.2, 0) is 22.6 Å². The van der Waals surface area contributed by atoms with Crippen LogP contribution in [-0.4, -0.2) is 33.2 Å². The van der Waals surface area contributed by atoms with Gasteiger partial charge >= 0.3 is 0 Å². The molecule has 2 aromatic rings. The predicted molar refractivity (Wildman–Crippen MR) is 88.2 cm³/mol. The van der Waals surface area contributed by atoms with Crippen LogP contribution in [0.15, 0.2) is 36.5 Å². The third-order valence-electron chi connectivity index (χ3n) is 3.75. The fraction of sp³-hybridized carbons (Fsp3) is 0.294. The van der Waals surface area contributed by atoms with Crippen molar-refractivity contribution in [1.29, 1.82) is 0 Å². The van der Waals surface area contributed by atoms with E-state index in [0.29, 0.717) is 18.1 Å². The SMILES string of the molecule is CCn1c(C(=O)NC(Cc2ccccc2)C(=O)C(N)=O)cnc1C. The van der Waals surface area contributed by atoms with Crippen molar-refractivity contribution in [3.8, 4) is 0 Å². The quantitative estimate of drug-likeness (QED) is 0.726. The standard InChI is InChI=1S/C17H20N4O3/c1-3-21-11(2)19-10-14(21)17(24)20-13(15(22)16(18)23)9-12-7-5-4-6-8-12/h4-8,10,13H,3,9H2,1-2H3,(H2,18,23)(H,20,24). The fourth-order valence-electron chi connectivity index (χ4n) is 2.51. The average molecular weight is 328 g/mol. The van der Waals surface area contributed by atoms with Crippen molar-refractivity contribution in [2.45, 2.75) is 32.9 Å². The van der Waals surface area contributed by atoms with Crippen LogP contribution in [0.4, 0.5) is 0 Å². The maximum absolute atomic E-state index is 12.5. The van der Waals surface area contributed by atoms with E-state index in [0.717, 1.165) is 5.56 Å². The van der Waals surface area contributed by atoms with Gasteiger partial charge in [0.25, 0.3) is 11.8 Å². The van der Waals surface area contributed by atoms with Gasteiger partial charge in [0.15, 0.2) is 0 Å². The van der Waals surface area contributed by atoms with E-state index >= 15 is 0 Å². The first-order valence-electron chi connectivity index (χ1n) is 7.64. The summed E-state index contributed by atoms with van der Waals surface area (Å²) < 4.78 is 1.73. The zero-order valence-corrected chi connectivity index (χ0v) is 13.7. The van der Waals surface area contributed by atoms with E-state index in [-0.39, 0.29) is 6.42 Å². The van der Waals surface area contributed by atoms with Gasteiger partial charge in [-0.2, -0.15) is 0 Å². The van der Waals surface area contributed by atoms with Gasteiger partial charge in [-0.25, -0.2) is 4.98 Å². The Hall–Kier alpha value is -2.96. The van der Waals surface area contributed by atoms with Crippen molar-refractivity contribution < 1.29 is 14.4 Å². The summed E-state index contributed by atoms with van der Waals surface area (Å²) in [5.74, 6) is -1.67. The Morgan fingerprint density at radius 2 is 1.92 bits per heavy atom. The Balaban J connectivity index is 2.22. The van der Waals surface area contributed by atoms with Crippen LogP contribution in [0.1, 0.15) is 28.8 Å². The molecule has 0 spiro atoms. The van der Waals surface area contributed by atoms with E-state index in [4.69, 9.17) is 5.73 Å². The van der Waals surface area contributed by atoms with Crippen molar-refractivity contribution in [3.05, 3.63) is 53.6 Å². The van der Waals surface area contributed by atoms with Crippen molar-refractivity contribution in [3.63, 3.8) is 0 Å². The maximum Gasteiger partial charge on any atom is 0.287 e. The molecule has 2 amide bonds. The van der Waals surface area contributed by atoms with Crippen LogP contribution >= 0.6 is 0 Å². The highest BCUT2D eigenvalue weighted by atomic mass is 16.2. The first-order valence-corrected chi connectivity index (χ1v) is 7.64. The molecule has 1 heterocycles.